The summed E-state index contributed by atoms with van der Waals surface area (Å²) in [7, 11) is 1.26. The summed E-state index contributed by atoms with van der Waals surface area (Å²) < 4.78 is 4.51. The maximum atomic E-state index is 11.8. The van der Waals surface area contributed by atoms with Crippen LogP contribution in [-0.4, -0.2) is 36.7 Å². The van der Waals surface area contributed by atoms with Gasteiger partial charge in [-0.05, 0) is 6.42 Å². The summed E-state index contributed by atoms with van der Waals surface area (Å²) in [5.41, 5.74) is 0.166. The number of methoxy groups -OCH3 is 1. The molecule has 0 aromatic carbocycles. The van der Waals surface area contributed by atoms with E-state index in [-0.39, 0.29) is 12.1 Å². The third-order valence-electron chi connectivity index (χ3n) is 4.83. The van der Waals surface area contributed by atoms with Crippen LogP contribution in [0.15, 0.2) is 12.2 Å². The van der Waals surface area contributed by atoms with Gasteiger partial charge in [0.05, 0.1) is 7.11 Å². The third kappa shape index (κ3) is 15.4. The van der Waals surface area contributed by atoms with Crippen molar-refractivity contribution < 1.29 is 19.4 Å². The van der Waals surface area contributed by atoms with E-state index < -0.39 is 18.0 Å². The molecular weight excluding hydrogens is 342 g/mol. The summed E-state index contributed by atoms with van der Waals surface area (Å²) in [4.78, 5) is 22.9. The van der Waals surface area contributed by atoms with Gasteiger partial charge in [-0.2, -0.15) is 0 Å². The van der Waals surface area contributed by atoms with E-state index in [0.717, 1.165) is 19.3 Å². The van der Waals surface area contributed by atoms with E-state index in [1.165, 1.54) is 71.3 Å². The number of rotatable bonds is 18. The Morgan fingerprint density at radius 1 is 0.889 bits per heavy atom. The zero-order valence-corrected chi connectivity index (χ0v) is 17.6. The second-order valence-corrected chi connectivity index (χ2v) is 7.36. The molecule has 0 aliphatic carbocycles. The van der Waals surface area contributed by atoms with Crippen LogP contribution in [0.3, 0.4) is 0 Å². The summed E-state index contributed by atoms with van der Waals surface area (Å²) in [5.74, 6) is -1.01. The maximum absolute atomic E-state index is 11.8. The summed E-state index contributed by atoms with van der Waals surface area (Å²) in [6.07, 6.45) is 15.9. The number of aliphatic hydroxyl groups excluding tert-OH is 1. The normalized spacial score (nSPS) is 11.8. The molecule has 2 N–H and O–H groups in total. The highest BCUT2D eigenvalue weighted by Crippen LogP contribution is 2.13. The van der Waals surface area contributed by atoms with E-state index in [9.17, 15) is 14.7 Å². The van der Waals surface area contributed by atoms with Gasteiger partial charge in [-0.1, -0.05) is 97.0 Å². The van der Waals surface area contributed by atoms with Gasteiger partial charge in [0.1, 0.15) is 6.10 Å². The molecule has 0 aliphatic rings. The average Bonchev–Trinajstić information content (AvgIpc) is 2.68. The van der Waals surface area contributed by atoms with Crippen molar-refractivity contribution in [2.24, 2.45) is 0 Å². The molecule has 0 bridgehead atoms. The average molecular weight is 384 g/mol. The first-order valence-corrected chi connectivity index (χ1v) is 10.7. The van der Waals surface area contributed by atoms with Crippen LogP contribution >= 0.6 is 0 Å². The number of unbranched alkanes of at least 4 members (excludes halogenated alkanes) is 12. The fraction of sp³-hybridized carbons (Fsp3) is 0.818. The van der Waals surface area contributed by atoms with E-state index in [0.29, 0.717) is 6.42 Å². The number of carbonyl (C=O) groups is 2. The van der Waals surface area contributed by atoms with Gasteiger partial charge >= 0.3 is 5.97 Å². The number of nitrogens with one attached hydrogen (secondary N) is 1. The largest absolute Gasteiger partial charge is 0.466 e. The van der Waals surface area contributed by atoms with E-state index in [2.05, 4.69) is 23.6 Å². The minimum atomic E-state index is -1.02. The van der Waals surface area contributed by atoms with Gasteiger partial charge < -0.3 is 15.2 Å². The van der Waals surface area contributed by atoms with E-state index in [1.807, 2.05) is 0 Å². The first-order valence-electron chi connectivity index (χ1n) is 10.7. The molecule has 5 nitrogen and oxygen atoms in total. The Balaban J connectivity index is 3.45. The van der Waals surface area contributed by atoms with Crippen LogP contribution in [-0.2, 0) is 14.3 Å². The van der Waals surface area contributed by atoms with Gasteiger partial charge in [-0.3, -0.25) is 4.79 Å². The molecule has 1 atom stereocenters. The minimum absolute atomic E-state index is 0.00116. The number of carbonyl (C=O) groups excluding carboxylic acids is 2. The van der Waals surface area contributed by atoms with Crippen LogP contribution in [0.25, 0.3) is 0 Å². The van der Waals surface area contributed by atoms with Crippen LogP contribution in [0.1, 0.15) is 96.8 Å². The molecule has 0 spiro atoms. The Bertz CT molecular complexity index is 409. The highest BCUT2D eigenvalue weighted by molar-refractivity contribution is 5.89. The Kier molecular flexibility index (Phi) is 17.1. The molecule has 0 aromatic rings. The van der Waals surface area contributed by atoms with Crippen LogP contribution < -0.4 is 5.32 Å². The topological polar surface area (TPSA) is 75.6 Å². The molecule has 1 amide bonds. The van der Waals surface area contributed by atoms with Crippen molar-refractivity contribution in [2.75, 3.05) is 13.7 Å². The molecule has 0 radical (unpaired) electrons. The van der Waals surface area contributed by atoms with Crippen LogP contribution in [0.4, 0.5) is 0 Å². The highest BCUT2D eigenvalue weighted by atomic mass is 16.5. The van der Waals surface area contributed by atoms with E-state index in [4.69, 9.17) is 0 Å². The van der Waals surface area contributed by atoms with E-state index in [1.54, 1.807) is 0 Å². The summed E-state index contributed by atoms with van der Waals surface area (Å²) >= 11 is 0. The maximum Gasteiger partial charge on any atom is 0.334 e. The van der Waals surface area contributed by atoms with Crippen LogP contribution in [0.5, 0.6) is 0 Å². The Labute approximate surface area is 165 Å². The summed E-state index contributed by atoms with van der Waals surface area (Å²) in [6, 6.07) is 0. The molecule has 27 heavy (non-hydrogen) atoms. The fourth-order valence-corrected chi connectivity index (χ4v) is 3.01. The molecular formula is C22H41NO4. The molecule has 0 aromatic heterocycles. The predicted molar refractivity (Wildman–Crippen MR) is 110 cm³/mol. The standard InChI is InChI=1S/C22H41NO4/c1-4-5-6-7-8-9-10-11-12-13-14-15-16-17-20(24)21(25)23-18-19(2)22(26)27-3/h20,24H,2,4-18H2,1,3H3,(H,23,25). The smallest absolute Gasteiger partial charge is 0.334 e. The van der Waals surface area contributed by atoms with Gasteiger partial charge in [0, 0.05) is 12.1 Å². The minimum Gasteiger partial charge on any atom is -0.466 e. The first kappa shape index (κ1) is 25.6. The Morgan fingerprint density at radius 2 is 1.33 bits per heavy atom. The highest BCUT2D eigenvalue weighted by Gasteiger charge is 2.15. The number of hydrogen-bond acceptors (Lipinski definition) is 4. The molecule has 0 rings (SSSR count). The second kappa shape index (κ2) is 18.0. The number of aliphatic hydroxyl groups is 1. The zero-order valence-electron chi connectivity index (χ0n) is 17.6. The van der Waals surface area contributed by atoms with Gasteiger partial charge in [0.15, 0.2) is 0 Å². The molecule has 158 valence electrons. The SMILES string of the molecule is C=C(CNC(=O)C(O)CCCCCCCCCCCCCCC)C(=O)OC. The summed E-state index contributed by atoms with van der Waals surface area (Å²) in [5, 5.41) is 12.4. The number of ether oxygens (including phenoxy) is 1. The Hall–Kier alpha value is -1.36. The van der Waals surface area contributed by atoms with Crippen molar-refractivity contribution in [1.82, 2.24) is 5.32 Å². The summed E-state index contributed by atoms with van der Waals surface area (Å²) in [6.45, 7) is 5.78. The van der Waals surface area contributed by atoms with Crippen molar-refractivity contribution in [3.05, 3.63) is 12.2 Å². The molecule has 1 unspecified atom stereocenters. The monoisotopic (exact) mass is 383 g/mol. The predicted octanol–water partition coefficient (Wildman–Crippen LogP) is 4.67. The lowest BCUT2D eigenvalue weighted by atomic mass is 10.0. The van der Waals surface area contributed by atoms with E-state index >= 15 is 0 Å². The van der Waals surface area contributed by atoms with Crippen molar-refractivity contribution in [3.63, 3.8) is 0 Å². The lowest BCUT2D eigenvalue weighted by Gasteiger charge is -2.11. The lowest BCUT2D eigenvalue weighted by Crippen LogP contribution is -2.36. The molecule has 0 fully saturated rings. The number of esters is 1. The van der Waals surface area contributed by atoms with Gasteiger partial charge in [-0.25, -0.2) is 4.79 Å². The number of hydrogen-bond donors (Lipinski definition) is 2. The van der Waals surface area contributed by atoms with Crippen molar-refractivity contribution in [1.29, 1.82) is 0 Å². The molecule has 5 heteroatoms. The van der Waals surface area contributed by atoms with Crippen LogP contribution in [0, 0.1) is 0 Å². The van der Waals surface area contributed by atoms with Gasteiger partial charge in [0.2, 0.25) is 5.91 Å². The Morgan fingerprint density at radius 3 is 1.78 bits per heavy atom. The molecule has 0 heterocycles. The second-order valence-electron chi connectivity index (χ2n) is 7.36. The first-order chi connectivity index (χ1) is 13.0. The number of amides is 1. The molecule has 0 aliphatic heterocycles. The fourth-order valence-electron chi connectivity index (χ4n) is 3.01. The van der Waals surface area contributed by atoms with Gasteiger partial charge in [0.25, 0.3) is 0 Å². The van der Waals surface area contributed by atoms with Gasteiger partial charge in [-0.15, -0.1) is 0 Å². The molecule has 0 saturated heterocycles. The van der Waals surface area contributed by atoms with Crippen molar-refractivity contribution >= 4 is 11.9 Å². The zero-order chi connectivity index (χ0) is 20.3. The van der Waals surface area contributed by atoms with Crippen LogP contribution in [0.2, 0.25) is 0 Å². The molecule has 0 saturated carbocycles. The van der Waals surface area contributed by atoms with Crippen molar-refractivity contribution in [3.8, 4) is 0 Å². The third-order valence-corrected chi connectivity index (χ3v) is 4.83. The quantitative estimate of drug-likeness (QED) is 0.205. The van der Waals surface area contributed by atoms with Crippen molar-refractivity contribution in [2.45, 2.75) is 103 Å². The lowest BCUT2D eigenvalue weighted by molar-refractivity contribution is -0.136.